The maximum atomic E-state index is 12.5. The number of methoxy groups -OCH3 is 1. The molecule has 2 saturated heterocycles. The molecule has 2 heterocycles. The van der Waals surface area contributed by atoms with E-state index in [0.29, 0.717) is 11.8 Å². The van der Waals surface area contributed by atoms with Crippen molar-refractivity contribution in [2.45, 2.75) is 37.3 Å². The molecule has 4 atom stereocenters. The fourth-order valence-electron chi connectivity index (χ4n) is 4.70. The predicted molar refractivity (Wildman–Crippen MR) is 133 cm³/mol. The van der Waals surface area contributed by atoms with Crippen LogP contribution in [-0.2, 0) is 73.0 Å². The minimum atomic E-state index is -0.105. The first kappa shape index (κ1) is 32.6. The number of nitrogens with zero attached hydrogens (tertiary/aromatic N) is 2. The third-order valence-corrected chi connectivity index (χ3v) is 6.93. The van der Waals surface area contributed by atoms with Gasteiger partial charge in [0, 0.05) is 23.0 Å². The Balaban J connectivity index is 0.000000834. The third kappa shape index (κ3) is 8.97. The van der Waals surface area contributed by atoms with Crippen LogP contribution >= 0.6 is 11.6 Å². The van der Waals surface area contributed by atoms with Crippen molar-refractivity contribution in [2.24, 2.45) is 5.92 Å². The summed E-state index contributed by atoms with van der Waals surface area (Å²) < 4.78 is 5.12. The van der Waals surface area contributed by atoms with Gasteiger partial charge in [0.1, 0.15) is 0 Å². The summed E-state index contributed by atoms with van der Waals surface area (Å²) in [4.78, 5) is 17.1. The van der Waals surface area contributed by atoms with Gasteiger partial charge in [0.15, 0.2) is 0 Å². The number of esters is 1. The van der Waals surface area contributed by atoms with Gasteiger partial charge in [-0.3, -0.25) is 9.69 Å². The van der Waals surface area contributed by atoms with E-state index in [-0.39, 0.29) is 49.4 Å². The molecule has 2 bridgehead atoms. The first-order chi connectivity index (χ1) is 14.5. The molecule has 1 aromatic rings. The largest absolute Gasteiger partial charge is 5.00 e. The second kappa shape index (κ2) is 17.1. The summed E-state index contributed by atoms with van der Waals surface area (Å²) in [5.41, 5.74) is 1.19. The molecule has 5 nitrogen and oxygen atoms in total. The summed E-state index contributed by atoms with van der Waals surface area (Å²) >= 11 is 20.7. The van der Waals surface area contributed by atoms with Gasteiger partial charge in [-0.2, -0.15) is 17.3 Å². The molecule has 0 radical (unpaired) electrons. The van der Waals surface area contributed by atoms with Crippen LogP contribution in [0, 0.1) is 5.92 Å². The maximum Gasteiger partial charge on any atom is 5.00 e. The van der Waals surface area contributed by atoms with Crippen molar-refractivity contribution in [3.05, 3.63) is 34.9 Å². The van der Waals surface area contributed by atoms with Crippen LogP contribution < -0.4 is 0 Å². The number of carbonyl (C=O) groups excluding carboxylic acids is 1. The summed E-state index contributed by atoms with van der Waals surface area (Å²) in [5.74, 6) is 2.35. The number of piperidine rings is 1. The Kier molecular flexibility index (Phi) is 17.4. The number of ether oxygens (including phenoxy) is 1. The molecule has 0 aliphatic carbocycles. The quantitative estimate of drug-likeness (QED) is 0.335. The first-order valence-electron chi connectivity index (χ1n) is 10.5. The van der Waals surface area contributed by atoms with Gasteiger partial charge < -0.3 is 53.0 Å². The van der Waals surface area contributed by atoms with Crippen LogP contribution in [0.1, 0.15) is 30.7 Å². The number of hydrogen-bond acceptors (Lipinski definition) is 7. The molecule has 2 aliphatic rings. The fraction of sp³-hybridized carbons (Fsp3) is 0.682. The Morgan fingerprint density at radius 3 is 2.22 bits per heavy atom. The Bertz CT molecular complexity index is 654. The van der Waals surface area contributed by atoms with Gasteiger partial charge in [-0.25, -0.2) is 0 Å². The van der Waals surface area contributed by atoms with Crippen LogP contribution in [-0.4, -0.2) is 78.9 Å². The second-order valence-electron chi connectivity index (χ2n) is 7.89. The molecular formula is C22H32ClN2O3S3Tc. The summed E-state index contributed by atoms with van der Waals surface area (Å²) in [6.45, 7) is 2.88. The van der Waals surface area contributed by atoms with Crippen molar-refractivity contribution in [1.29, 1.82) is 0 Å². The number of benzene rings is 1. The zero-order valence-electron chi connectivity index (χ0n) is 18.6. The minimum absolute atomic E-state index is 0. The van der Waals surface area contributed by atoms with Gasteiger partial charge in [-0.15, -0.1) is 0 Å². The number of halogens is 1. The summed E-state index contributed by atoms with van der Waals surface area (Å²) in [6.07, 6.45) is 3.20. The van der Waals surface area contributed by atoms with Crippen molar-refractivity contribution >= 4 is 55.5 Å². The van der Waals surface area contributed by atoms with E-state index in [4.69, 9.17) is 54.2 Å². The van der Waals surface area contributed by atoms with E-state index in [1.165, 1.54) is 12.7 Å². The first-order valence-corrected chi connectivity index (χ1v) is 12.6. The topological polar surface area (TPSA) is 61.3 Å². The smallest absolute Gasteiger partial charge is 2.00 e. The van der Waals surface area contributed by atoms with Crippen LogP contribution in [0.15, 0.2) is 24.3 Å². The average Bonchev–Trinajstić information content (AvgIpc) is 3.00. The Morgan fingerprint density at radius 1 is 1.12 bits per heavy atom. The monoisotopic (exact) mass is 600 g/mol. The standard InChI is InChI=1S/C17H22ClNO2S.C5H13NS2.O.Tc/c1-21-17(20)16-14(11-2-4-12(18)5-3-11)10-13-6-7-15(16)19(13)8-9-22;1-6(2-4-7)3-5-8;;/h2-5,13-16,22H,6-10H2,1H3;7-8H,2-5H2,1H3;;/q;;-2;+5/p-3/t13-,14-,15+,16+;;;/m1.../s1. The van der Waals surface area contributed by atoms with Gasteiger partial charge in [0.25, 0.3) is 0 Å². The van der Waals surface area contributed by atoms with Crippen molar-refractivity contribution in [3.8, 4) is 0 Å². The van der Waals surface area contributed by atoms with E-state index in [1.54, 1.807) is 0 Å². The molecule has 1 aromatic carbocycles. The molecule has 3 rings (SSSR count). The SMILES string of the molecule is CN(CC[S-])CC[S-].COC(=O)[C@H]1[C@@H](c2ccc(Cl)cc2)C[C@H]2CC[C@@H]1N2CC[S-].[O-2].[Tc+5]. The number of fused-ring (bicyclic) bond motifs is 2. The molecule has 2 fully saturated rings. The third-order valence-electron chi connectivity index (χ3n) is 6.13. The van der Waals surface area contributed by atoms with Gasteiger partial charge in [0.05, 0.1) is 13.0 Å². The maximum absolute atomic E-state index is 12.5. The van der Waals surface area contributed by atoms with Crippen LogP contribution in [0.25, 0.3) is 0 Å². The van der Waals surface area contributed by atoms with Gasteiger partial charge >= 0.3 is 26.1 Å². The van der Waals surface area contributed by atoms with E-state index in [1.807, 2.05) is 31.3 Å². The Hall–Kier alpha value is 0.559. The average molecular weight is 602 g/mol. The number of hydrogen-bond donors (Lipinski definition) is 0. The normalized spacial score (nSPS) is 24.1. The molecule has 0 N–H and O–H groups in total. The summed E-state index contributed by atoms with van der Waals surface area (Å²) in [6, 6.07) is 8.70. The van der Waals surface area contributed by atoms with Gasteiger partial charge in [-0.05, 0) is 63.6 Å². The molecule has 10 heteroatoms. The zero-order chi connectivity index (χ0) is 22.1. The van der Waals surface area contributed by atoms with Crippen LogP contribution in [0.5, 0.6) is 0 Å². The van der Waals surface area contributed by atoms with Crippen LogP contribution in [0.4, 0.5) is 0 Å². The zero-order valence-corrected chi connectivity index (χ0v) is 23.6. The number of carbonyl (C=O) groups is 1. The van der Waals surface area contributed by atoms with Gasteiger partial charge in [-0.1, -0.05) is 23.7 Å². The molecule has 0 amide bonds. The van der Waals surface area contributed by atoms with Crippen molar-refractivity contribution in [3.63, 3.8) is 0 Å². The predicted octanol–water partition coefficient (Wildman–Crippen LogP) is 2.89. The van der Waals surface area contributed by atoms with E-state index in [9.17, 15) is 4.79 Å². The molecular weight excluding hydrogens is 570 g/mol. The molecule has 32 heavy (non-hydrogen) atoms. The van der Waals surface area contributed by atoms with Crippen LogP contribution in [0.2, 0.25) is 5.02 Å². The fourth-order valence-corrected chi connectivity index (χ4v) is 5.66. The van der Waals surface area contributed by atoms with E-state index < -0.39 is 0 Å². The number of rotatable bonds is 8. The molecule has 0 spiro atoms. The van der Waals surface area contributed by atoms with E-state index in [2.05, 4.69) is 9.80 Å². The second-order valence-corrected chi connectivity index (χ2v) is 9.56. The summed E-state index contributed by atoms with van der Waals surface area (Å²) in [7, 11) is 3.53. The molecule has 0 unspecified atom stereocenters. The van der Waals surface area contributed by atoms with Crippen LogP contribution in [0.3, 0.4) is 0 Å². The Labute approximate surface area is 228 Å². The molecule has 2 aliphatic heterocycles. The molecule has 0 aromatic heterocycles. The van der Waals surface area contributed by atoms with Gasteiger partial charge in [0.2, 0.25) is 0 Å². The van der Waals surface area contributed by atoms with Crippen molar-refractivity contribution in [1.82, 2.24) is 9.80 Å². The minimum Gasteiger partial charge on any atom is -2.00 e. The molecule has 180 valence electrons. The molecule has 0 saturated carbocycles. The van der Waals surface area contributed by atoms with E-state index >= 15 is 0 Å². The van der Waals surface area contributed by atoms with E-state index in [0.717, 1.165) is 55.4 Å². The summed E-state index contributed by atoms with van der Waals surface area (Å²) in [5, 5.41) is 0.727. The van der Waals surface area contributed by atoms with Crippen molar-refractivity contribution in [2.75, 3.05) is 51.1 Å². The Morgan fingerprint density at radius 2 is 1.72 bits per heavy atom. The van der Waals surface area contributed by atoms with Crippen molar-refractivity contribution < 1.29 is 35.1 Å².